The van der Waals surface area contributed by atoms with Crippen LogP contribution in [-0.4, -0.2) is 59.2 Å². The van der Waals surface area contributed by atoms with Crippen molar-refractivity contribution in [2.75, 3.05) is 31.6 Å². The molecular formula is C25H25F5N2O3S2. The standard InChI is InChI=1S/C25H25F5N2O3S2/c1-31-6-7-32(16-4-2-15(26)3-5-16)18-8-21(36-17-10-24(27,28)11-17)19(9-20(18)37-31)35-14-23(22(33)34)12-25(29,30)13-23/h2-5,8-9,17H,6-7,10-14H2,1H3,(H,33,34). The van der Waals surface area contributed by atoms with Crippen molar-refractivity contribution in [3.63, 3.8) is 0 Å². The fourth-order valence-corrected chi connectivity index (χ4v) is 7.18. The average molecular weight is 561 g/mol. The molecule has 2 aromatic carbocycles. The normalized spacial score (nSPS) is 22.4. The number of benzene rings is 2. The van der Waals surface area contributed by atoms with Crippen molar-refractivity contribution in [3.8, 4) is 5.75 Å². The van der Waals surface area contributed by atoms with Gasteiger partial charge in [0.2, 0.25) is 5.92 Å². The molecule has 12 heteroatoms. The number of nitrogens with zero attached hydrogens (tertiary/aromatic N) is 2. The van der Waals surface area contributed by atoms with Crippen molar-refractivity contribution in [2.24, 2.45) is 5.41 Å². The molecule has 0 aromatic heterocycles. The maximum absolute atomic E-state index is 13.6. The number of carboxylic acids is 1. The topological polar surface area (TPSA) is 53.0 Å². The number of anilines is 2. The number of fused-ring (bicyclic) bond motifs is 1. The monoisotopic (exact) mass is 560 g/mol. The van der Waals surface area contributed by atoms with Gasteiger partial charge in [0.05, 0.1) is 15.5 Å². The number of aliphatic carboxylic acids is 1. The van der Waals surface area contributed by atoms with Crippen LogP contribution in [0.1, 0.15) is 25.7 Å². The van der Waals surface area contributed by atoms with Crippen LogP contribution < -0.4 is 9.64 Å². The molecule has 2 aromatic rings. The van der Waals surface area contributed by atoms with Crippen molar-refractivity contribution in [1.82, 2.24) is 4.31 Å². The summed E-state index contributed by atoms with van der Waals surface area (Å²) in [6.07, 6.45) is -2.21. The number of alkyl halides is 4. The van der Waals surface area contributed by atoms with E-state index in [-0.39, 0.29) is 29.7 Å². The highest BCUT2D eigenvalue weighted by Crippen LogP contribution is 2.54. The molecule has 1 aliphatic heterocycles. The van der Waals surface area contributed by atoms with Gasteiger partial charge in [0, 0.05) is 49.7 Å². The number of ether oxygens (including phenoxy) is 1. The van der Waals surface area contributed by atoms with E-state index in [0.29, 0.717) is 18.0 Å². The molecule has 5 rings (SSSR count). The van der Waals surface area contributed by atoms with Gasteiger partial charge in [0.25, 0.3) is 5.92 Å². The maximum atomic E-state index is 13.6. The highest BCUT2D eigenvalue weighted by molar-refractivity contribution is 8.00. The summed E-state index contributed by atoms with van der Waals surface area (Å²) in [7, 11) is 1.90. The molecule has 5 nitrogen and oxygen atoms in total. The average Bonchev–Trinajstić information content (AvgIpc) is 2.93. The molecule has 2 aliphatic carbocycles. The maximum Gasteiger partial charge on any atom is 0.313 e. The molecule has 0 amide bonds. The first-order valence-corrected chi connectivity index (χ1v) is 13.4. The third-order valence-corrected chi connectivity index (χ3v) is 9.10. The van der Waals surface area contributed by atoms with E-state index in [9.17, 15) is 31.9 Å². The number of carbonyl (C=O) groups is 1. The number of halogens is 5. The van der Waals surface area contributed by atoms with Crippen molar-refractivity contribution in [1.29, 1.82) is 0 Å². The summed E-state index contributed by atoms with van der Waals surface area (Å²) in [6, 6.07) is 9.56. The van der Waals surface area contributed by atoms with E-state index in [4.69, 9.17) is 4.74 Å². The summed E-state index contributed by atoms with van der Waals surface area (Å²) >= 11 is 2.64. The molecular weight excluding hydrogens is 535 g/mol. The molecule has 2 fully saturated rings. The predicted octanol–water partition coefficient (Wildman–Crippen LogP) is 6.69. The molecule has 200 valence electrons. The summed E-state index contributed by atoms with van der Waals surface area (Å²) in [5, 5.41) is 9.25. The van der Waals surface area contributed by atoms with Crippen molar-refractivity contribution in [3.05, 3.63) is 42.2 Å². The molecule has 0 atom stereocenters. The van der Waals surface area contributed by atoms with Gasteiger partial charge >= 0.3 is 5.97 Å². The zero-order valence-electron chi connectivity index (χ0n) is 19.9. The molecule has 0 radical (unpaired) electrons. The SMILES string of the molecule is CN1CCN(c2ccc(F)cc2)c2cc(SC3CC(F)(F)C3)c(OCC3(C(=O)O)CC(F)(F)C3)cc2S1. The predicted molar refractivity (Wildman–Crippen MR) is 132 cm³/mol. The van der Waals surface area contributed by atoms with E-state index in [1.165, 1.54) is 35.8 Å². The van der Waals surface area contributed by atoms with E-state index in [1.807, 2.05) is 22.3 Å². The molecule has 2 saturated carbocycles. The van der Waals surface area contributed by atoms with Crippen LogP contribution in [0.15, 0.2) is 46.2 Å². The van der Waals surface area contributed by atoms with Crippen LogP contribution in [0.2, 0.25) is 0 Å². The lowest BCUT2D eigenvalue weighted by Gasteiger charge is -2.43. The molecule has 37 heavy (non-hydrogen) atoms. The van der Waals surface area contributed by atoms with Gasteiger partial charge in [0.1, 0.15) is 23.6 Å². The van der Waals surface area contributed by atoms with Crippen LogP contribution >= 0.6 is 23.7 Å². The minimum Gasteiger partial charge on any atom is -0.491 e. The second-order valence-electron chi connectivity index (χ2n) is 9.93. The van der Waals surface area contributed by atoms with Crippen molar-refractivity contribution < 1.29 is 36.6 Å². The largest absolute Gasteiger partial charge is 0.491 e. The van der Waals surface area contributed by atoms with Gasteiger partial charge in [-0.2, -0.15) is 0 Å². The lowest BCUT2D eigenvalue weighted by molar-refractivity contribution is -0.199. The van der Waals surface area contributed by atoms with Gasteiger partial charge in [-0.3, -0.25) is 4.79 Å². The third kappa shape index (κ3) is 5.51. The van der Waals surface area contributed by atoms with E-state index in [1.54, 1.807) is 18.2 Å². The van der Waals surface area contributed by atoms with Gasteiger partial charge in [-0.1, -0.05) is 0 Å². The minimum absolute atomic E-state index is 0.275. The summed E-state index contributed by atoms with van der Waals surface area (Å²) in [6.45, 7) is 0.778. The first-order valence-electron chi connectivity index (χ1n) is 11.7. The number of hydrogen-bond acceptors (Lipinski definition) is 6. The van der Waals surface area contributed by atoms with Crippen molar-refractivity contribution >= 4 is 41.1 Å². The van der Waals surface area contributed by atoms with E-state index in [2.05, 4.69) is 0 Å². The van der Waals surface area contributed by atoms with Crippen LogP contribution in [0.4, 0.5) is 33.3 Å². The number of carboxylic acid groups (broad SMARTS) is 1. The fraction of sp³-hybridized carbons (Fsp3) is 0.480. The van der Waals surface area contributed by atoms with E-state index >= 15 is 0 Å². The smallest absolute Gasteiger partial charge is 0.313 e. The molecule has 0 spiro atoms. The highest BCUT2D eigenvalue weighted by Gasteiger charge is 2.62. The number of rotatable bonds is 7. The summed E-state index contributed by atoms with van der Waals surface area (Å²) in [4.78, 5) is 15.1. The van der Waals surface area contributed by atoms with Crippen LogP contribution in [0.5, 0.6) is 5.75 Å². The quantitative estimate of drug-likeness (QED) is 0.299. The van der Waals surface area contributed by atoms with Crippen LogP contribution in [0.25, 0.3) is 0 Å². The first kappa shape index (κ1) is 26.4. The Labute approximate surface area is 219 Å². The molecule has 1 N–H and O–H groups in total. The Hall–Kier alpha value is -2.18. The lowest BCUT2D eigenvalue weighted by Crippen LogP contribution is -2.54. The Morgan fingerprint density at radius 3 is 2.38 bits per heavy atom. The van der Waals surface area contributed by atoms with Crippen LogP contribution in [0, 0.1) is 11.2 Å². The Bertz CT molecular complexity index is 1180. The van der Waals surface area contributed by atoms with Crippen LogP contribution in [-0.2, 0) is 4.79 Å². The molecule has 3 aliphatic rings. The third-order valence-electron chi connectivity index (χ3n) is 6.85. The van der Waals surface area contributed by atoms with E-state index in [0.717, 1.165) is 16.3 Å². The number of thioether (sulfide) groups is 1. The fourth-order valence-electron chi connectivity index (χ4n) is 4.82. The Balaban J connectivity index is 1.50. The second-order valence-corrected chi connectivity index (χ2v) is 12.5. The van der Waals surface area contributed by atoms with Gasteiger partial charge < -0.3 is 14.7 Å². The van der Waals surface area contributed by atoms with E-state index < -0.39 is 42.7 Å². The van der Waals surface area contributed by atoms with Gasteiger partial charge in [-0.05, 0) is 55.4 Å². The van der Waals surface area contributed by atoms with Gasteiger partial charge in [0.15, 0.2) is 0 Å². The molecule has 0 saturated heterocycles. The Kier molecular flexibility index (Phi) is 6.81. The van der Waals surface area contributed by atoms with Crippen molar-refractivity contribution in [2.45, 2.75) is 52.6 Å². The second kappa shape index (κ2) is 9.53. The molecule has 1 heterocycles. The lowest BCUT2D eigenvalue weighted by atomic mass is 9.66. The van der Waals surface area contributed by atoms with Gasteiger partial charge in [-0.25, -0.2) is 26.3 Å². The number of hydrogen-bond donors (Lipinski definition) is 1. The summed E-state index contributed by atoms with van der Waals surface area (Å²) in [5.41, 5.74) is -0.184. The zero-order valence-corrected chi connectivity index (χ0v) is 21.5. The summed E-state index contributed by atoms with van der Waals surface area (Å²) < 4.78 is 75.8. The Morgan fingerprint density at radius 2 is 1.78 bits per heavy atom. The highest BCUT2D eigenvalue weighted by atomic mass is 32.2. The van der Waals surface area contributed by atoms with Gasteiger partial charge in [-0.15, -0.1) is 11.8 Å². The number of likely N-dealkylation sites (N-methyl/N-ethyl adjacent to an activating group) is 1. The minimum atomic E-state index is -3.06. The first-order chi connectivity index (χ1) is 17.3. The molecule has 0 unspecified atom stereocenters. The molecule has 0 bridgehead atoms. The zero-order chi connectivity index (χ0) is 26.6. The van der Waals surface area contributed by atoms with Crippen LogP contribution in [0.3, 0.4) is 0 Å². The Morgan fingerprint density at radius 1 is 1.11 bits per heavy atom. The summed E-state index contributed by atoms with van der Waals surface area (Å²) in [5.74, 6) is -7.23.